The number of aromatic nitrogens is 2. The highest BCUT2D eigenvalue weighted by molar-refractivity contribution is 6.01. The Hall–Kier alpha value is -1.59. The molecule has 0 fully saturated rings. The molecule has 1 rings (SSSR count). The second-order valence-electron chi connectivity index (χ2n) is 2.63. The molecule has 14 heavy (non-hydrogen) atoms. The zero-order valence-electron chi connectivity index (χ0n) is 7.62. The Kier molecular flexibility index (Phi) is 2.73. The molecule has 4 nitrogen and oxygen atoms in total. The van der Waals surface area contributed by atoms with Gasteiger partial charge in [0.2, 0.25) is 5.88 Å². The Bertz CT molecular complexity index is 349. The summed E-state index contributed by atoms with van der Waals surface area (Å²) in [6.07, 6.45) is 2.41. The van der Waals surface area contributed by atoms with Crippen molar-refractivity contribution in [1.82, 2.24) is 9.97 Å². The topological polar surface area (TPSA) is 52.1 Å². The molecule has 76 valence electrons. The highest BCUT2D eigenvalue weighted by Crippen LogP contribution is 2.22. The van der Waals surface area contributed by atoms with Crippen molar-refractivity contribution in [3.8, 4) is 5.88 Å². The fourth-order valence-corrected chi connectivity index (χ4v) is 0.838. The predicted molar refractivity (Wildman–Crippen MR) is 43.5 cm³/mol. The molecule has 1 aromatic rings. The average Bonchev–Trinajstić information content (AvgIpc) is 2.15. The summed E-state index contributed by atoms with van der Waals surface area (Å²) in [6, 6.07) is 0. The number of ether oxygens (including phenoxy) is 1. The quantitative estimate of drug-likeness (QED) is 0.693. The molecule has 0 unspecified atom stereocenters. The smallest absolute Gasteiger partial charge is 0.308 e. The van der Waals surface area contributed by atoms with Crippen LogP contribution in [0.15, 0.2) is 12.4 Å². The van der Waals surface area contributed by atoms with E-state index in [0.717, 1.165) is 6.20 Å². The largest absolute Gasteiger partial charge is 0.479 e. The molecule has 0 aliphatic carbocycles. The highest BCUT2D eigenvalue weighted by Gasteiger charge is 2.36. The summed E-state index contributed by atoms with van der Waals surface area (Å²) < 4.78 is 29.9. The lowest BCUT2D eigenvalue weighted by molar-refractivity contribution is 0.0212. The minimum Gasteiger partial charge on any atom is -0.479 e. The summed E-state index contributed by atoms with van der Waals surface area (Å²) in [5, 5.41) is 0. The van der Waals surface area contributed by atoms with Crippen molar-refractivity contribution in [2.24, 2.45) is 0 Å². The van der Waals surface area contributed by atoms with Gasteiger partial charge in [-0.15, -0.1) is 0 Å². The van der Waals surface area contributed by atoms with E-state index in [4.69, 9.17) is 0 Å². The number of Topliss-reactive ketones (excluding diaryl/α,β-unsaturated/α-hetero) is 1. The van der Waals surface area contributed by atoms with Crippen LogP contribution in [0.25, 0.3) is 0 Å². The van der Waals surface area contributed by atoms with E-state index in [9.17, 15) is 13.6 Å². The van der Waals surface area contributed by atoms with E-state index in [0.29, 0.717) is 6.92 Å². The van der Waals surface area contributed by atoms with Gasteiger partial charge in [0.15, 0.2) is 5.69 Å². The van der Waals surface area contributed by atoms with Crippen molar-refractivity contribution in [2.45, 2.75) is 12.8 Å². The summed E-state index contributed by atoms with van der Waals surface area (Å²) in [7, 11) is 1.23. The third-order valence-corrected chi connectivity index (χ3v) is 1.47. The summed E-state index contributed by atoms with van der Waals surface area (Å²) in [5.74, 6) is -5.06. The van der Waals surface area contributed by atoms with Crippen molar-refractivity contribution in [1.29, 1.82) is 0 Å². The van der Waals surface area contributed by atoms with Gasteiger partial charge in [-0.3, -0.25) is 4.79 Å². The van der Waals surface area contributed by atoms with Gasteiger partial charge in [0, 0.05) is 19.3 Å². The molecule has 0 N–H and O–H groups in total. The highest BCUT2D eigenvalue weighted by atomic mass is 19.3. The van der Waals surface area contributed by atoms with E-state index in [1.54, 1.807) is 0 Å². The molecule has 0 saturated carbocycles. The lowest BCUT2D eigenvalue weighted by Crippen LogP contribution is -2.26. The van der Waals surface area contributed by atoms with Crippen molar-refractivity contribution in [3.05, 3.63) is 18.1 Å². The summed E-state index contributed by atoms with van der Waals surface area (Å²) in [4.78, 5) is 18.2. The second-order valence-corrected chi connectivity index (χ2v) is 2.63. The number of rotatable bonds is 3. The number of halogens is 2. The van der Waals surface area contributed by atoms with Gasteiger partial charge in [0.1, 0.15) is 0 Å². The summed E-state index contributed by atoms with van der Waals surface area (Å²) >= 11 is 0. The van der Waals surface area contributed by atoms with Crippen molar-refractivity contribution in [2.75, 3.05) is 7.11 Å². The first-order chi connectivity index (χ1) is 6.46. The third-order valence-electron chi connectivity index (χ3n) is 1.47. The maximum absolute atomic E-state index is 12.6. The lowest BCUT2D eigenvalue weighted by Gasteiger charge is -2.09. The minimum atomic E-state index is -3.47. The monoisotopic (exact) mass is 202 g/mol. The molecule has 0 radical (unpaired) electrons. The van der Waals surface area contributed by atoms with E-state index >= 15 is 0 Å². The maximum Gasteiger partial charge on any atom is 0.308 e. The Morgan fingerprint density at radius 2 is 2.00 bits per heavy atom. The van der Waals surface area contributed by atoms with Gasteiger partial charge in [-0.1, -0.05) is 0 Å². The first-order valence-electron chi connectivity index (χ1n) is 3.74. The fourth-order valence-electron chi connectivity index (χ4n) is 0.838. The molecule has 0 aromatic carbocycles. The van der Waals surface area contributed by atoms with Gasteiger partial charge in [-0.05, 0) is 0 Å². The third kappa shape index (κ3) is 2.01. The lowest BCUT2D eigenvalue weighted by atomic mass is 10.2. The Morgan fingerprint density at radius 1 is 1.43 bits per heavy atom. The van der Waals surface area contributed by atoms with Gasteiger partial charge in [-0.25, -0.2) is 9.97 Å². The normalized spacial score (nSPS) is 11.1. The van der Waals surface area contributed by atoms with E-state index in [1.807, 2.05) is 0 Å². The van der Waals surface area contributed by atoms with Crippen molar-refractivity contribution < 1.29 is 18.3 Å². The van der Waals surface area contributed by atoms with E-state index in [1.165, 1.54) is 13.3 Å². The van der Waals surface area contributed by atoms with Gasteiger partial charge < -0.3 is 4.74 Å². The van der Waals surface area contributed by atoms with Crippen molar-refractivity contribution in [3.63, 3.8) is 0 Å². The van der Waals surface area contributed by atoms with Crippen LogP contribution in [-0.2, 0) is 0 Å². The molecule has 0 spiro atoms. The van der Waals surface area contributed by atoms with Crippen molar-refractivity contribution >= 4 is 5.78 Å². The number of nitrogens with zero attached hydrogens (tertiary/aromatic N) is 2. The minimum absolute atomic E-state index is 0.195. The number of alkyl halides is 2. The van der Waals surface area contributed by atoms with Crippen LogP contribution in [0.2, 0.25) is 0 Å². The van der Waals surface area contributed by atoms with Crippen LogP contribution in [0.3, 0.4) is 0 Å². The summed E-state index contributed by atoms with van der Waals surface area (Å²) in [6.45, 7) is 0.503. The number of carbonyl (C=O) groups excluding carboxylic acids is 1. The first kappa shape index (κ1) is 10.5. The van der Waals surface area contributed by atoms with E-state index in [-0.39, 0.29) is 5.88 Å². The maximum atomic E-state index is 12.6. The second kappa shape index (κ2) is 3.65. The summed E-state index contributed by atoms with van der Waals surface area (Å²) in [5.41, 5.74) is -0.456. The predicted octanol–water partition coefficient (Wildman–Crippen LogP) is 1.32. The zero-order chi connectivity index (χ0) is 10.8. The fraction of sp³-hybridized carbons (Fsp3) is 0.375. The molecular weight excluding hydrogens is 194 g/mol. The van der Waals surface area contributed by atoms with Gasteiger partial charge in [-0.2, -0.15) is 8.78 Å². The number of methoxy groups -OCH3 is 1. The van der Waals surface area contributed by atoms with Crippen LogP contribution in [0.4, 0.5) is 8.78 Å². The number of hydrogen-bond acceptors (Lipinski definition) is 4. The van der Waals surface area contributed by atoms with E-state index < -0.39 is 17.4 Å². The van der Waals surface area contributed by atoms with Gasteiger partial charge >= 0.3 is 5.92 Å². The Balaban J connectivity index is 3.13. The van der Waals surface area contributed by atoms with Gasteiger partial charge in [0.05, 0.1) is 7.11 Å². The first-order valence-corrected chi connectivity index (χ1v) is 3.74. The van der Waals surface area contributed by atoms with Crippen LogP contribution in [0.5, 0.6) is 5.88 Å². The molecular formula is C8H8F2N2O2. The molecule has 0 bridgehead atoms. The Labute approximate surface area is 78.9 Å². The number of carbonyl (C=O) groups is 1. The van der Waals surface area contributed by atoms with Crippen LogP contribution in [-0.4, -0.2) is 28.8 Å². The standard InChI is InChI=1S/C8H8F2N2O2/c1-8(9,10)6(13)5-7(14-2)12-4-3-11-5/h3-4H,1-2H3. The van der Waals surface area contributed by atoms with Crippen LogP contribution in [0.1, 0.15) is 17.4 Å². The van der Waals surface area contributed by atoms with Crippen LogP contribution >= 0.6 is 0 Å². The number of ketones is 1. The molecule has 0 saturated heterocycles. The van der Waals surface area contributed by atoms with Crippen LogP contribution < -0.4 is 4.74 Å². The molecule has 1 aromatic heterocycles. The molecule has 0 amide bonds. The molecule has 1 heterocycles. The number of hydrogen-bond donors (Lipinski definition) is 0. The molecule has 0 aliphatic rings. The SMILES string of the molecule is COc1nccnc1C(=O)C(C)(F)F. The zero-order valence-corrected chi connectivity index (χ0v) is 7.62. The molecule has 0 aliphatic heterocycles. The molecule has 0 atom stereocenters. The molecule has 6 heteroatoms. The van der Waals surface area contributed by atoms with E-state index in [2.05, 4.69) is 14.7 Å². The van der Waals surface area contributed by atoms with Gasteiger partial charge in [0.25, 0.3) is 5.78 Å². The average molecular weight is 202 g/mol. The van der Waals surface area contributed by atoms with Crippen LogP contribution in [0, 0.1) is 0 Å². The Morgan fingerprint density at radius 3 is 2.50 bits per heavy atom.